The Morgan fingerprint density at radius 2 is 1.50 bits per heavy atom. The lowest BCUT2D eigenvalue weighted by Crippen LogP contribution is -2.47. The lowest BCUT2D eigenvalue weighted by atomic mass is 9.92. The third-order valence-electron chi connectivity index (χ3n) is 8.23. The number of nitrogens with zero attached hydrogens (tertiary/aromatic N) is 1. The summed E-state index contributed by atoms with van der Waals surface area (Å²) in [5.74, 6) is -2.12. The summed E-state index contributed by atoms with van der Waals surface area (Å²) in [5, 5.41) is 15.5. The van der Waals surface area contributed by atoms with Gasteiger partial charge in [-0.2, -0.15) is 0 Å². The average Bonchev–Trinajstić information content (AvgIpc) is 3.12. The topological polar surface area (TPSA) is 134 Å². The van der Waals surface area contributed by atoms with E-state index in [0.717, 1.165) is 16.7 Å². The molecule has 0 spiro atoms. The van der Waals surface area contributed by atoms with Crippen molar-refractivity contribution in [2.75, 3.05) is 13.2 Å². The zero-order valence-corrected chi connectivity index (χ0v) is 27.0. The van der Waals surface area contributed by atoms with E-state index in [1.54, 1.807) is 35.2 Å². The molecule has 3 aromatic rings. The van der Waals surface area contributed by atoms with Crippen LogP contribution >= 0.6 is 0 Å². The SMILES string of the molecule is C=CC[C@H](CC(=O)N1Cc2ccccc2C[C@H]1CO)C(=O)N[C@H](COC(=O)[C@@H](CC=C)NC(=O)OCc1ccccc1)c1ccccc1. The van der Waals surface area contributed by atoms with Crippen LogP contribution in [0.15, 0.2) is 110 Å². The summed E-state index contributed by atoms with van der Waals surface area (Å²) in [5.41, 5.74) is 3.59. The second-order valence-corrected chi connectivity index (χ2v) is 11.6. The molecule has 0 radical (unpaired) electrons. The van der Waals surface area contributed by atoms with E-state index < -0.39 is 36.0 Å². The summed E-state index contributed by atoms with van der Waals surface area (Å²) in [7, 11) is 0. The second kappa shape index (κ2) is 18.2. The molecule has 0 aromatic heterocycles. The number of fused-ring (bicyclic) bond motifs is 1. The number of aliphatic hydroxyl groups is 1. The molecule has 10 nitrogen and oxygen atoms in total. The number of allylic oxidation sites excluding steroid dienone is 1. The van der Waals surface area contributed by atoms with E-state index >= 15 is 0 Å². The molecule has 4 rings (SSSR count). The van der Waals surface area contributed by atoms with Crippen molar-refractivity contribution in [1.29, 1.82) is 0 Å². The van der Waals surface area contributed by atoms with Gasteiger partial charge in [-0.05, 0) is 41.5 Å². The Labute approximate surface area is 281 Å². The molecule has 1 aliphatic rings. The van der Waals surface area contributed by atoms with E-state index in [9.17, 15) is 24.3 Å². The predicted molar refractivity (Wildman–Crippen MR) is 181 cm³/mol. The fraction of sp³-hybridized carbons (Fsp3) is 0.316. The normalized spacial score (nSPS) is 15.5. The number of nitrogens with one attached hydrogen (secondary N) is 2. The first-order valence-electron chi connectivity index (χ1n) is 16.0. The first kappa shape index (κ1) is 35.6. The van der Waals surface area contributed by atoms with Gasteiger partial charge in [-0.3, -0.25) is 9.59 Å². The number of rotatable bonds is 16. The van der Waals surface area contributed by atoms with Gasteiger partial charge >= 0.3 is 12.1 Å². The maximum absolute atomic E-state index is 13.7. The molecule has 3 N–H and O–H groups in total. The third-order valence-corrected chi connectivity index (χ3v) is 8.23. The molecule has 252 valence electrons. The van der Waals surface area contributed by atoms with Crippen molar-refractivity contribution >= 4 is 23.9 Å². The average molecular weight is 654 g/mol. The Bertz CT molecular complexity index is 1550. The van der Waals surface area contributed by atoms with Crippen LogP contribution in [-0.4, -0.2) is 59.2 Å². The highest BCUT2D eigenvalue weighted by atomic mass is 16.6. The van der Waals surface area contributed by atoms with Crippen LogP contribution < -0.4 is 10.6 Å². The van der Waals surface area contributed by atoms with Crippen molar-refractivity contribution in [3.63, 3.8) is 0 Å². The van der Waals surface area contributed by atoms with Crippen LogP contribution in [0.25, 0.3) is 0 Å². The van der Waals surface area contributed by atoms with Crippen molar-refractivity contribution in [2.45, 2.75) is 57.0 Å². The number of hydrogen-bond acceptors (Lipinski definition) is 7. The first-order chi connectivity index (χ1) is 23.3. The quantitative estimate of drug-likeness (QED) is 0.150. The largest absolute Gasteiger partial charge is 0.462 e. The highest BCUT2D eigenvalue weighted by molar-refractivity contribution is 5.86. The van der Waals surface area contributed by atoms with Crippen molar-refractivity contribution in [3.8, 4) is 0 Å². The fourth-order valence-electron chi connectivity index (χ4n) is 5.60. The van der Waals surface area contributed by atoms with Crippen molar-refractivity contribution in [3.05, 3.63) is 132 Å². The van der Waals surface area contributed by atoms with Gasteiger partial charge in [0.15, 0.2) is 0 Å². The van der Waals surface area contributed by atoms with Gasteiger partial charge in [0.05, 0.1) is 24.6 Å². The summed E-state index contributed by atoms with van der Waals surface area (Å²) >= 11 is 0. The van der Waals surface area contributed by atoms with Gasteiger partial charge in [-0.25, -0.2) is 9.59 Å². The van der Waals surface area contributed by atoms with Gasteiger partial charge < -0.3 is 30.1 Å². The Hall–Kier alpha value is -5.22. The van der Waals surface area contributed by atoms with E-state index in [0.29, 0.717) is 18.5 Å². The van der Waals surface area contributed by atoms with E-state index in [1.165, 1.54) is 6.08 Å². The molecular weight excluding hydrogens is 610 g/mol. The van der Waals surface area contributed by atoms with Crippen LogP contribution in [0.1, 0.15) is 47.6 Å². The summed E-state index contributed by atoms with van der Waals surface area (Å²) in [6, 6.07) is 23.8. The predicted octanol–water partition coefficient (Wildman–Crippen LogP) is 4.79. The third kappa shape index (κ3) is 10.1. The van der Waals surface area contributed by atoms with Crippen molar-refractivity contribution in [1.82, 2.24) is 15.5 Å². The van der Waals surface area contributed by atoms with Gasteiger partial charge in [0.2, 0.25) is 11.8 Å². The van der Waals surface area contributed by atoms with E-state index in [1.807, 2.05) is 60.7 Å². The Morgan fingerprint density at radius 1 is 0.854 bits per heavy atom. The number of ether oxygens (including phenoxy) is 2. The first-order valence-corrected chi connectivity index (χ1v) is 16.0. The molecule has 48 heavy (non-hydrogen) atoms. The van der Waals surface area contributed by atoms with Crippen LogP contribution in [-0.2, 0) is 43.4 Å². The zero-order chi connectivity index (χ0) is 34.3. The molecule has 3 amide bonds. The standard InChI is InChI=1S/C38H43N3O7/c1-3-13-30(22-35(43)41-23-31-20-12-11-19-29(31)21-32(41)24-42)36(44)39-34(28-17-9-6-10-18-28)26-47-37(45)33(14-4-2)40-38(46)48-25-27-15-7-5-8-16-27/h3-12,15-20,30,32-34,42H,1-2,13-14,21-26H2,(H,39,44)(H,40,46)/t30-,32+,33-,34-/m1/s1. The van der Waals surface area contributed by atoms with Crippen LogP contribution in [0.2, 0.25) is 0 Å². The number of aliphatic hydroxyl groups excluding tert-OH is 1. The highest BCUT2D eigenvalue weighted by Crippen LogP contribution is 2.26. The van der Waals surface area contributed by atoms with Gasteiger partial charge in [-0.1, -0.05) is 97.1 Å². The van der Waals surface area contributed by atoms with Crippen molar-refractivity contribution in [2.24, 2.45) is 5.92 Å². The number of alkyl carbamates (subject to hydrolysis) is 1. The summed E-state index contributed by atoms with van der Waals surface area (Å²) in [4.78, 5) is 54.5. The Morgan fingerprint density at radius 3 is 2.17 bits per heavy atom. The van der Waals surface area contributed by atoms with Crippen LogP contribution in [0.5, 0.6) is 0 Å². The van der Waals surface area contributed by atoms with Gasteiger partial charge in [-0.15, -0.1) is 13.2 Å². The monoisotopic (exact) mass is 653 g/mol. The molecular formula is C38H43N3O7. The lowest BCUT2D eigenvalue weighted by molar-refractivity contribution is -0.147. The maximum atomic E-state index is 13.7. The minimum absolute atomic E-state index is 0.0325. The minimum atomic E-state index is -1.06. The summed E-state index contributed by atoms with van der Waals surface area (Å²) < 4.78 is 10.9. The Balaban J connectivity index is 1.40. The van der Waals surface area contributed by atoms with Crippen LogP contribution in [0.3, 0.4) is 0 Å². The number of carbonyl (C=O) groups excluding carboxylic acids is 4. The molecule has 0 unspecified atom stereocenters. The molecule has 0 saturated heterocycles. The number of esters is 1. The molecule has 0 bridgehead atoms. The maximum Gasteiger partial charge on any atom is 0.408 e. The molecule has 3 aromatic carbocycles. The number of amides is 3. The lowest BCUT2D eigenvalue weighted by Gasteiger charge is -2.36. The highest BCUT2D eigenvalue weighted by Gasteiger charge is 2.33. The summed E-state index contributed by atoms with van der Waals surface area (Å²) in [6.07, 6.45) is 3.07. The molecule has 0 fully saturated rings. The second-order valence-electron chi connectivity index (χ2n) is 11.6. The van der Waals surface area contributed by atoms with Gasteiger partial charge in [0.25, 0.3) is 0 Å². The molecule has 0 aliphatic carbocycles. The Kier molecular flexibility index (Phi) is 13.5. The zero-order valence-electron chi connectivity index (χ0n) is 27.0. The number of hydrogen-bond donors (Lipinski definition) is 3. The van der Waals surface area contributed by atoms with Gasteiger partial charge in [0, 0.05) is 13.0 Å². The van der Waals surface area contributed by atoms with E-state index in [-0.39, 0.29) is 51.0 Å². The molecule has 4 atom stereocenters. The molecule has 1 aliphatic heterocycles. The van der Waals surface area contributed by atoms with Crippen LogP contribution in [0, 0.1) is 5.92 Å². The molecule has 10 heteroatoms. The molecule has 0 saturated carbocycles. The number of benzene rings is 3. The van der Waals surface area contributed by atoms with E-state index in [2.05, 4.69) is 23.8 Å². The smallest absolute Gasteiger partial charge is 0.408 e. The van der Waals surface area contributed by atoms with Crippen molar-refractivity contribution < 1.29 is 33.8 Å². The summed E-state index contributed by atoms with van der Waals surface area (Å²) in [6.45, 7) is 7.42. The minimum Gasteiger partial charge on any atom is -0.462 e. The van der Waals surface area contributed by atoms with Crippen LogP contribution in [0.4, 0.5) is 4.79 Å². The van der Waals surface area contributed by atoms with E-state index in [4.69, 9.17) is 9.47 Å². The number of carbonyl (C=O) groups is 4. The van der Waals surface area contributed by atoms with Gasteiger partial charge in [0.1, 0.15) is 19.3 Å². The fourth-order valence-corrected chi connectivity index (χ4v) is 5.60. The molecule has 1 heterocycles.